The number of unbranched alkanes of at least 4 members (excludes halogenated alkanes) is 8. The molecule has 0 radical (unpaired) electrons. The van der Waals surface area contributed by atoms with E-state index < -0.39 is 11.7 Å². The fraction of sp³-hybridized carbons (Fsp3) is 0.741. The lowest BCUT2D eigenvalue weighted by Gasteiger charge is -2.23. The summed E-state index contributed by atoms with van der Waals surface area (Å²) in [6.45, 7) is 8.30. The van der Waals surface area contributed by atoms with Crippen LogP contribution in [0.2, 0.25) is 0 Å². The minimum Gasteiger partial charge on any atom is -0.460 e. The number of hydrogen-bond acceptors (Lipinski definition) is 4. The Kier molecular flexibility index (Phi) is 14.5. The van der Waals surface area contributed by atoms with Crippen molar-refractivity contribution in [2.24, 2.45) is 0 Å². The molecule has 0 saturated heterocycles. The first kappa shape index (κ1) is 27.6. The van der Waals surface area contributed by atoms with Crippen LogP contribution in [0.3, 0.4) is 0 Å². The number of carbonyl (C=O) groups is 1. The Morgan fingerprint density at radius 2 is 1.52 bits per heavy atom. The second-order valence-corrected chi connectivity index (χ2v) is 9.72. The first-order valence-corrected chi connectivity index (χ1v) is 12.4. The Hall–Kier alpha value is -1.39. The van der Waals surface area contributed by atoms with Crippen LogP contribution in [0.5, 0.6) is 0 Å². The van der Waals surface area contributed by atoms with Crippen molar-refractivity contribution in [2.75, 3.05) is 0 Å². The highest BCUT2D eigenvalue weighted by Gasteiger charge is 2.22. The van der Waals surface area contributed by atoms with Crippen LogP contribution < -0.4 is 0 Å². The van der Waals surface area contributed by atoms with Crippen LogP contribution in [0.4, 0.5) is 0 Å². The van der Waals surface area contributed by atoms with Gasteiger partial charge in [-0.15, -0.1) is 0 Å². The molecule has 0 unspecified atom stereocenters. The number of aliphatic hydroxyl groups is 1. The summed E-state index contributed by atoms with van der Waals surface area (Å²) in [7, 11) is 0. The topological polar surface area (TPSA) is 55.8 Å². The number of esters is 1. The molecule has 4 nitrogen and oxygen atoms in total. The average molecular weight is 435 g/mol. The Morgan fingerprint density at radius 3 is 2.10 bits per heavy atom. The molecule has 0 amide bonds. The van der Waals surface area contributed by atoms with E-state index in [1.807, 2.05) is 51.1 Å². The number of aliphatic hydroxyl groups excluding tert-OH is 1. The maximum atomic E-state index is 12.0. The van der Waals surface area contributed by atoms with Crippen molar-refractivity contribution in [1.29, 1.82) is 0 Å². The van der Waals surface area contributed by atoms with Crippen LogP contribution in [0, 0.1) is 0 Å². The summed E-state index contributed by atoms with van der Waals surface area (Å²) in [5, 5.41) is 10.4. The van der Waals surface area contributed by atoms with Crippen molar-refractivity contribution >= 4 is 5.97 Å². The SMILES string of the molecule is CCCCCCCCCCC[C@@H](C[C@H](O)CC(=O)OC(C)(C)C)OCc1ccccc1. The molecule has 0 aliphatic heterocycles. The van der Waals surface area contributed by atoms with Gasteiger partial charge >= 0.3 is 5.97 Å². The zero-order valence-electron chi connectivity index (χ0n) is 20.4. The molecule has 0 bridgehead atoms. The summed E-state index contributed by atoms with van der Waals surface area (Å²) in [5.41, 5.74) is 0.595. The summed E-state index contributed by atoms with van der Waals surface area (Å²) in [5.74, 6) is -0.357. The highest BCUT2D eigenvalue weighted by atomic mass is 16.6. The van der Waals surface area contributed by atoms with E-state index in [1.54, 1.807) is 0 Å². The summed E-state index contributed by atoms with van der Waals surface area (Å²) in [6, 6.07) is 10.1. The van der Waals surface area contributed by atoms with Crippen LogP contribution in [0.15, 0.2) is 30.3 Å². The smallest absolute Gasteiger partial charge is 0.308 e. The summed E-state index contributed by atoms with van der Waals surface area (Å²) in [4.78, 5) is 12.0. The van der Waals surface area contributed by atoms with E-state index in [4.69, 9.17) is 9.47 Å². The Labute approximate surface area is 190 Å². The third-order valence-electron chi connectivity index (χ3n) is 5.32. The lowest BCUT2D eigenvalue weighted by Crippen LogP contribution is -2.28. The zero-order chi connectivity index (χ0) is 23.0. The van der Waals surface area contributed by atoms with E-state index in [-0.39, 0.29) is 18.5 Å². The molecule has 0 saturated carbocycles. The molecular weight excluding hydrogens is 388 g/mol. The van der Waals surface area contributed by atoms with Crippen LogP contribution in [-0.4, -0.2) is 28.9 Å². The summed E-state index contributed by atoms with van der Waals surface area (Å²) in [6.07, 6.45) is 12.1. The molecule has 178 valence electrons. The van der Waals surface area contributed by atoms with E-state index in [9.17, 15) is 9.90 Å². The van der Waals surface area contributed by atoms with Gasteiger partial charge in [0.1, 0.15) is 5.60 Å². The number of benzene rings is 1. The Bertz CT molecular complexity index is 564. The molecule has 0 fully saturated rings. The van der Waals surface area contributed by atoms with E-state index in [0.717, 1.165) is 18.4 Å². The Morgan fingerprint density at radius 1 is 0.935 bits per heavy atom. The van der Waals surface area contributed by atoms with Crippen molar-refractivity contribution in [3.8, 4) is 0 Å². The minimum atomic E-state index is -0.741. The second-order valence-electron chi connectivity index (χ2n) is 9.72. The van der Waals surface area contributed by atoms with Gasteiger partial charge in [0.25, 0.3) is 0 Å². The molecular formula is C27H46O4. The van der Waals surface area contributed by atoms with Crippen molar-refractivity contribution in [3.63, 3.8) is 0 Å². The lowest BCUT2D eigenvalue weighted by atomic mass is 10.0. The van der Waals surface area contributed by atoms with Crippen LogP contribution in [-0.2, 0) is 20.9 Å². The molecule has 0 aromatic heterocycles. The van der Waals surface area contributed by atoms with Gasteiger partial charge in [0.2, 0.25) is 0 Å². The predicted molar refractivity (Wildman–Crippen MR) is 128 cm³/mol. The second kappa shape index (κ2) is 16.3. The molecule has 1 N–H and O–H groups in total. The summed E-state index contributed by atoms with van der Waals surface area (Å²) >= 11 is 0. The van der Waals surface area contributed by atoms with Gasteiger partial charge < -0.3 is 14.6 Å². The number of carbonyl (C=O) groups excluding carboxylic acids is 1. The van der Waals surface area contributed by atoms with Gasteiger partial charge in [-0.2, -0.15) is 0 Å². The fourth-order valence-electron chi connectivity index (χ4n) is 3.70. The molecule has 4 heteroatoms. The molecule has 1 aromatic carbocycles. The first-order valence-electron chi connectivity index (χ1n) is 12.4. The molecule has 1 rings (SSSR count). The third-order valence-corrected chi connectivity index (χ3v) is 5.32. The van der Waals surface area contributed by atoms with Gasteiger partial charge in [0, 0.05) is 6.42 Å². The molecule has 0 spiro atoms. The van der Waals surface area contributed by atoms with Gasteiger partial charge in [-0.3, -0.25) is 4.79 Å². The molecule has 0 aliphatic carbocycles. The standard InChI is InChI=1S/C27H46O4/c1-5-6-7-8-9-10-11-12-16-19-25(30-22-23-17-14-13-15-18-23)20-24(28)21-26(29)31-27(2,3)4/h13-15,17-18,24-25,28H,5-12,16,19-22H2,1-4H3/t24-,25-/m0/s1. The van der Waals surface area contributed by atoms with E-state index in [1.165, 1.54) is 51.4 Å². The largest absolute Gasteiger partial charge is 0.460 e. The minimum absolute atomic E-state index is 0.0141. The molecule has 0 heterocycles. The van der Waals surface area contributed by atoms with Crippen molar-refractivity contribution in [1.82, 2.24) is 0 Å². The van der Waals surface area contributed by atoms with Crippen molar-refractivity contribution in [2.45, 2.75) is 129 Å². The highest BCUT2D eigenvalue weighted by Crippen LogP contribution is 2.19. The zero-order valence-corrected chi connectivity index (χ0v) is 20.4. The van der Waals surface area contributed by atoms with E-state index in [2.05, 4.69) is 6.92 Å². The van der Waals surface area contributed by atoms with Crippen LogP contribution in [0.25, 0.3) is 0 Å². The van der Waals surface area contributed by atoms with Crippen molar-refractivity contribution in [3.05, 3.63) is 35.9 Å². The molecule has 31 heavy (non-hydrogen) atoms. The molecule has 0 aliphatic rings. The maximum Gasteiger partial charge on any atom is 0.308 e. The van der Waals surface area contributed by atoms with E-state index >= 15 is 0 Å². The van der Waals surface area contributed by atoms with Crippen LogP contribution in [0.1, 0.15) is 110 Å². The van der Waals surface area contributed by atoms with E-state index in [0.29, 0.717) is 13.0 Å². The predicted octanol–water partition coefficient (Wildman–Crippen LogP) is 6.98. The monoisotopic (exact) mass is 434 g/mol. The quantitative estimate of drug-likeness (QED) is 0.212. The summed E-state index contributed by atoms with van der Waals surface area (Å²) < 4.78 is 11.5. The van der Waals surface area contributed by atoms with Crippen LogP contribution >= 0.6 is 0 Å². The number of hydrogen-bond donors (Lipinski definition) is 1. The fourth-order valence-corrected chi connectivity index (χ4v) is 3.70. The van der Waals surface area contributed by atoms with Gasteiger partial charge in [-0.1, -0.05) is 95.0 Å². The lowest BCUT2D eigenvalue weighted by molar-refractivity contribution is -0.157. The number of ether oxygens (including phenoxy) is 2. The number of rotatable bonds is 17. The van der Waals surface area contributed by atoms with Gasteiger partial charge in [-0.05, 0) is 32.8 Å². The van der Waals surface area contributed by atoms with Gasteiger partial charge in [-0.25, -0.2) is 0 Å². The van der Waals surface area contributed by atoms with Crippen molar-refractivity contribution < 1.29 is 19.4 Å². The average Bonchev–Trinajstić information content (AvgIpc) is 2.69. The van der Waals surface area contributed by atoms with Gasteiger partial charge in [0.15, 0.2) is 0 Å². The normalized spacial score (nSPS) is 13.7. The van der Waals surface area contributed by atoms with Gasteiger partial charge in [0.05, 0.1) is 25.2 Å². The Balaban J connectivity index is 2.39. The first-order chi connectivity index (χ1) is 14.8. The highest BCUT2D eigenvalue weighted by molar-refractivity contribution is 5.70. The third kappa shape index (κ3) is 16.0. The molecule has 1 aromatic rings. The molecule has 2 atom stereocenters. The maximum absolute atomic E-state index is 12.0.